The van der Waals surface area contributed by atoms with Gasteiger partial charge < -0.3 is 9.53 Å². The van der Waals surface area contributed by atoms with Crippen LogP contribution in [0.25, 0.3) is 0 Å². The van der Waals surface area contributed by atoms with E-state index in [2.05, 4.69) is 0 Å². The van der Waals surface area contributed by atoms with Crippen molar-refractivity contribution in [2.75, 3.05) is 7.11 Å². The molecule has 118 valence electrons. The van der Waals surface area contributed by atoms with Crippen molar-refractivity contribution >= 4 is 12.3 Å². The minimum Gasteiger partial charge on any atom is -0.465 e. The third kappa shape index (κ3) is 2.47. The topological polar surface area (TPSA) is 43.4 Å². The van der Waals surface area contributed by atoms with Crippen molar-refractivity contribution in [1.82, 2.24) is 0 Å². The third-order valence-corrected chi connectivity index (χ3v) is 5.79. The van der Waals surface area contributed by atoms with Gasteiger partial charge in [0.2, 0.25) is 0 Å². The summed E-state index contributed by atoms with van der Waals surface area (Å²) < 4.78 is 4.75. The molecule has 1 aromatic rings. The second kappa shape index (κ2) is 6.23. The summed E-state index contributed by atoms with van der Waals surface area (Å²) >= 11 is 0. The maximum absolute atomic E-state index is 12.1. The molecule has 0 bridgehead atoms. The molecule has 0 spiro atoms. The van der Waals surface area contributed by atoms with Crippen molar-refractivity contribution in [3.05, 3.63) is 35.4 Å². The second-order valence-electron chi connectivity index (χ2n) is 6.77. The van der Waals surface area contributed by atoms with Gasteiger partial charge in [0.05, 0.1) is 18.1 Å². The molecule has 3 rings (SSSR count). The molecule has 1 aromatic carbocycles. The third-order valence-electron chi connectivity index (χ3n) is 5.79. The lowest BCUT2D eigenvalue weighted by Crippen LogP contribution is -2.45. The highest BCUT2D eigenvalue weighted by Crippen LogP contribution is 2.51. The summed E-state index contributed by atoms with van der Waals surface area (Å²) in [6, 6.07) is 7.49. The van der Waals surface area contributed by atoms with E-state index in [1.807, 2.05) is 12.1 Å². The Morgan fingerprint density at radius 3 is 2.50 bits per heavy atom. The monoisotopic (exact) mass is 300 g/mol. The molecule has 3 heteroatoms. The van der Waals surface area contributed by atoms with E-state index in [0.717, 1.165) is 24.8 Å². The molecule has 3 nitrogen and oxygen atoms in total. The van der Waals surface area contributed by atoms with Crippen LogP contribution < -0.4 is 0 Å². The minimum atomic E-state index is -0.349. The van der Waals surface area contributed by atoms with Gasteiger partial charge in [-0.05, 0) is 42.4 Å². The molecule has 3 atom stereocenters. The quantitative estimate of drug-likeness (QED) is 0.628. The Labute approximate surface area is 132 Å². The van der Waals surface area contributed by atoms with Crippen molar-refractivity contribution in [1.29, 1.82) is 0 Å². The van der Waals surface area contributed by atoms with E-state index in [-0.39, 0.29) is 11.4 Å². The van der Waals surface area contributed by atoms with Crippen LogP contribution in [-0.4, -0.2) is 19.4 Å². The molecule has 2 fully saturated rings. The van der Waals surface area contributed by atoms with Gasteiger partial charge >= 0.3 is 5.97 Å². The first kappa shape index (κ1) is 15.3. The van der Waals surface area contributed by atoms with Gasteiger partial charge in [-0.3, -0.25) is 0 Å². The number of carbonyl (C=O) groups excluding carboxylic acids is 2. The van der Waals surface area contributed by atoms with Gasteiger partial charge in [0, 0.05) is 0 Å². The van der Waals surface area contributed by atoms with E-state index >= 15 is 0 Å². The standard InChI is InChI=1S/C19H24O3/c1-22-18(21)15-8-10-16(11-9-15)19(13-20)12-4-6-14-5-2-3-7-17(14)19/h8-11,13-14,17H,2-7,12H2,1H3. The van der Waals surface area contributed by atoms with E-state index in [1.54, 1.807) is 12.1 Å². The van der Waals surface area contributed by atoms with Gasteiger partial charge in [0.25, 0.3) is 0 Å². The number of methoxy groups -OCH3 is 1. The zero-order valence-corrected chi connectivity index (χ0v) is 13.2. The maximum atomic E-state index is 12.1. The first-order valence-corrected chi connectivity index (χ1v) is 8.36. The number of rotatable bonds is 3. The fourth-order valence-electron chi connectivity index (χ4n) is 4.68. The van der Waals surface area contributed by atoms with Crippen molar-refractivity contribution in [2.24, 2.45) is 11.8 Å². The first-order chi connectivity index (χ1) is 10.7. The predicted octanol–water partition coefficient (Wildman–Crippen LogP) is 3.90. The summed E-state index contributed by atoms with van der Waals surface area (Å²) in [7, 11) is 1.39. The average molecular weight is 300 g/mol. The lowest BCUT2D eigenvalue weighted by Gasteiger charge is -2.48. The summed E-state index contributed by atoms with van der Waals surface area (Å²) in [6.07, 6.45) is 9.48. The molecule has 22 heavy (non-hydrogen) atoms. The van der Waals surface area contributed by atoms with E-state index in [9.17, 15) is 9.59 Å². The number of fused-ring (bicyclic) bond motifs is 1. The van der Waals surface area contributed by atoms with Gasteiger partial charge in [-0.25, -0.2) is 4.79 Å². The molecule has 2 aliphatic rings. The maximum Gasteiger partial charge on any atom is 0.337 e. The number of esters is 1. The lowest BCUT2D eigenvalue weighted by atomic mass is 9.55. The van der Waals surface area contributed by atoms with Gasteiger partial charge in [-0.2, -0.15) is 0 Å². The molecule has 0 saturated heterocycles. The molecule has 0 aliphatic heterocycles. The Hall–Kier alpha value is -1.64. The molecular weight excluding hydrogens is 276 g/mol. The fourth-order valence-corrected chi connectivity index (χ4v) is 4.68. The smallest absolute Gasteiger partial charge is 0.337 e. The Kier molecular flexibility index (Phi) is 4.32. The Morgan fingerprint density at radius 1 is 1.14 bits per heavy atom. The van der Waals surface area contributed by atoms with Crippen LogP contribution in [0.1, 0.15) is 60.9 Å². The lowest BCUT2D eigenvalue weighted by molar-refractivity contribution is -0.117. The SMILES string of the molecule is COC(=O)c1ccc(C2(C=O)CCCC3CCCCC32)cc1. The molecule has 0 aromatic heterocycles. The molecule has 0 radical (unpaired) electrons. The molecule has 0 N–H and O–H groups in total. The highest BCUT2D eigenvalue weighted by atomic mass is 16.5. The van der Waals surface area contributed by atoms with Crippen LogP contribution in [0.3, 0.4) is 0 Å². The number of benzene rings is 1. The average Bonchev–Trinajstić information content (AvgIpc) is 2.60. The van der Waals surface area contributed by atoms with Gasteiger partial charge in [0.15, 0.2) is 0 Å². The molecule has 0 heterocycles. The van der Waals surface area contributed by atoms with Crippen molar-refractivity contribution in [3.8, 4) is 0 Å². The van der Waals surface area contributed by atoms with Crippen molar-refractivity contribution in [3.63, 3.8) is 0 Å². The van der Waals surface area contributed by atoms with Gasteiger partial charge in [0.1, 0.15) is 6.29 Å². The molecule has 2 aliphatic carbocycles. The van der Waals surface area contributed by atoms with E-state index in [0.29, 0.717) is 17.4 Å². The van der Waals surface area contributed by atoms with E-state index in [1.165, 1.54) is 39.1 Å². The summed E-state index contributed by atoms with van der Waals surface area (Å²) in [4.78, 5) is 23.7. The summed E-state index contributed by atoms with van der Waals surface area (Å²) in [5.74, 6) is 0.829. The minimum absolute atomic E-state index is 0.328. The number of hydrogen-bond donors (Lipinski definition) is 0. The van der Waals surface area contributed by atoms with Crippen LogP contribution in [0, 0.1) is 11.8 Å². The highest BCUT2D eigenvalue weighted by Gasteiger charge is 2.47. The Morgan fingerprint density at radius 2 is 1.82 bits per heavy atom. The summed E-state index contributed by atoms with van der Waals surface area (Å²) in [5.41, 5.74) is 1.27. The number of carbonyl (C=O) groups is 2. The number of ether oxygens (including phenoxy) is 1. The molecule has 2 saturated carbocycles. The van der Waals surface area contributed by atoms with Gasteiger partial charge in [-0.1, -0.05) is 44.2 Å². The summed E-state index contributed by atoms with van der Waals surface area (Å²) in [5, 5.41) is 0. The van der Waals surface area contributed by atoms with E-state index < -0.39 is 0 Å². The summed E-state index contributed by atoms with van der Waals surface area (Å²) in [6.45, 7) is 0. The van der Waals surface area contributed by atoms with Crippen LogP contribution >= 0.6 is 0 Å². The molecule has 3 unspecified atom stereocenters. The van der Waals surface area contributed by atoms with Crippen LogP contribution in [0.2, 0.25) is 0 Å². The fraction of sp³-hybridized carbons (Fsp3) is 0.579. The highest BCUT2D eigenvalue weighted by molar-refractivity contribution is 5.89. The predicted molar refractivity (Wildman–Crippen MR) is 84.8 cm³/mol. The zero-order valence-electron chi connectivity index (χ0n) is 13.2. The molecular formula is C19H24O3. The van der Waals surface area contributed by atoms with Crippen molar-refractivity contribution in [2.45, 2.75) is 50.4 Å². The zero-order chi connectivity index (χ0) is 15.6. The first-order valence-electron chi connectivity index (χ1n) is 8.36. The van der Waals surface area contributed by atoms with Crippen LogP contribution in [0.4, 0.5) is 0 Å². The van der Waals surface area contributed by atoms with Gasteiger partial charge in [-0.15, -0.1) is 0 Å². The molecule has 0 amide bonds. The number of aldehydes is 1. The normalized spacial score (nSPS) is 31.1. The van der Waals surface area contributed by atoms with Crippen molar-refractivity contribution < 1.29 is 14.3 Å². The number of hydrogen-bond acceptors (Lipinski definition) is 3. The Bertz CT molecular complexity index is 546. The van der Waals surface area contributed by atoms with Crippen LogP contribution in [0.5, 0.6) is 0 Å². The second-order valence-corrected chi connectivity index (χ2v) is 6.77. The van der Waals surface area contributed by atoms with Crippen LogP contribution in [0.15, 0.2) is 24.3 Å². The Balaban J connectivity index is 1.94. The largest absolute Gasteiger partial charge is 0.465 e. The van der Waals surface area contributed by atoms with Crippen LogP contribution in [-0.2, 0) is 14.9 Å². The van der Waals surface area contributed by atoms with E-state index in [4.69, 9.17) is 4.74 Å².